The van der Waals surface area contributed by atoms with Crippen LogP contribution in [-0.4, -0.2) is 25.7 Å². The van der Waals surface area contributed by atoms with Crippen LogP contribution in [0.5, 0.6) is 0 Å². The molecule has 2 aromatic heterocycles. The Morgan fingerprint density at radius 2 is 2.36 bits per heavy atom. The molecule has 0 atom stereocenters. The Bertz CT molecular complexity index is 521. The lowest BCUT2D eigenvalue weighted by atomic mass is 10.3. The third kappa shape index (κ3) is 1.27. The van der Waals surface area contributed by atoms with E-state index in [1.165, 1.54) is 16.9 Å². The van der Waals surface area contributed by atoms with Crippen LogP contribution in [0.25, 0.3) is 5.65 Å². The molecule has 1 N–H and O–H groups in total. The third-order valence-corrected chi connectivity index (χ3v) is 2.64. The molecule has 14 heavy (non-hydrogen) atoms. The molecule has 0 aliphatic rings. The Kier molecular flexibility index (Phi) is 1.99. The van der Waals surface area contributed by atoms with Gasteiger partial charge in [0.05, 0.1) is 5.56 Å². The molecule has 0 aliphatic heterocycles. The number of aromatic carboxylic acids is 1. The number of nitrogens with zero attached hydrogens (tertiary/aromatic N) is 3. The van der Waals surface area contributed by atoms with Crippen molar-refractivity contribution in [3.05, 3.63) is 28.1 Å². The van der Waals surface area contributed by atoms with Crippen molar-refractivity contribution in [3.63, 3.8) is 0 Å². The van der Waals surface area contributed by atoms with Gasteiger partial charge in [-0.3, -0.25) is 0 Å². The van der Waals surface area contributed by atoms with E-state index in [1.807, 2.05) is 6.92 Å². The molecule has 0 bridgehead atoms. The Morgan fingerprint density at radius 3 is 3.00 bits per heavy atom. The first-order valence-electron chi connectivity index (χ1n) is 3.83. The maximum atomic E-state index is 10.6. The summed E-state index contributed by atoms with van der Waals surface area (Å²) in [6, 6.07) is 0. The van der Waals surface area contributed by atoms with E-state index in [0.29, 0.717) is 10.3 Å². The Morgan fingerprint density at radius 1 is 1.64 bits per heavy atom. The Hall–Kier alpha value is -1.43. The van der Waals surface area contributed by atoms with E-state index in [2.05, 4.69) is 26.0 Å². The van der Waals surface area contributed by atoms with Gasteiger partial charge in [0.25, 0.3) is 0 Å². The number of aryl methyl sites for hydroxylation is 1. The highest BCUT2D eigenvalue weighted by atomic mass is 79.9. The topological polar surface area (TPSA) is 67.5 Å². The maximum Gasteiger partial charge on any atom is 0.338 e. The van der Waals surface area contributed by atoms with Crippen LogP contribution in [0.1, 0.15) is 15.9 Å². The van der Waals surface area contributed by atoms with Gasteiger partial charge in [-0.1, -0.05) is 0 Å². The number of hydrogen-bond donors (Lipinski definition) is 1. The molecular formula is C8H6BrN3O2. The van der Waals surface area contributed by atoms with Crippen LogP contribution < -0.4 is 0 Å². The average molecular weight is 256 g/mol. The number of carbonyl (C=O) groups is 1. The SMILES string of the molecule is Cc1c(Br)nn2cc(C(=O)O)cnc12. The molecule has 0 aliphatic carbocycles. The molecule has 0 unspecified atom stereocenters. The molecular weight excluding hydrogens is 250 g/mol. The van der Waals surface area contributed by atoms with Crippen LogP contribution in [0.2, 0.25) is 0 Å². The lowest BCUT2D eigenvalue weighted by Crippen LogP contribution is -2.01. The van der Waals surface area contributed by atoms with E-state index in [0.717, 1.165) is 5.56 Å². The molecule has 2 rings (SSSR count). The molecule has 0 spiro atoms. The van der Waals surface area contributed by atoms with Crippen molar-refractivity contribution >= 4 is 27.5 Å². The number of aromatic nitrogens is 3. The zero-order chi connectivity index (χ0) is 10.3. The summed E-state index contributed by atoms with van der Waals surface area (Å²) in [5, 5.41) is 12.8. The summed E-state index contributed by atoms with van der Waals surface area (Å²) in [4.78, 5) is 14.7. The zero-order valence-electron chi connectivity index (χ0n) is 7.23. The lowest BCUT2D eigenvalue weighted by Gasteiger charge is -1.95. The lowest BCUT2D eigenvalue weighted by molar-refractivity contribution is 0.0695. The van der Waals surface area contributed by atoms with Crippen LogP contribution in [0.3, 0.4) is 0 Å². The number of fused-ring (bicyclic) bond motifs is 1. The normalized spacial score (nSPS) is 10.7. The fourth-order valence-electron chi connectivity index (χ4n) is 1.13. The van der Waals surface area contributed by atoms with Gasteiger partial charge in [0, 0.05) is 18.0 Å². The first-order chi connectivity index (χ1) is 6.59. The van der Waals surface area contributed by atoms with Crippen molar-refractivity contribution in [2.24, 2.45) is 0 Å². The molecule has 0 fully saturated rings. The van der Waals surface area contributed by atoms with E-state index in [1.54, 1.807) is 0 Å². The van der Waals surface area contributed by atoms with E-state index >= 15 is 0 Å². The van der Waals surface area contributed by atoms with Gasteiger partial charge in [-0.05, 0) is 22.9 Å². The van der Waals surface area contributed by atoms with Crippen molar-refractivity contribution in [2.75, 3.05) is 0 Å². The summed E-state index contributed by atoms with van der Waals surface area (Å²) in [6.07, 6.45) is 2.75. The van der Waals surface area contributed by atoms with Gasteiger partial charge in [-0.25, -0.2) is 14.3 Å². The number of carboxylic acid groups (broad SMARTS) is 1. The van der Waals surface area contributed by atoms with Gasteiger partial charge in [0.15, 0.2) is 5.65 Å². The number of halogens is 1. The minimum absolute atomic E-state index is 0.118. The van der Waals surface area contributed by atoms with E-state index in [-0.39, 0.29) is 5.56 Å². The highest BCUT2D eigenvalue weighted by Crippen LogP contribution is 2.17. The highest BCUT2D eigenvalue weighted by molar-refractivity contribution is 9.10. The minimum Gasteiger partial charge on any atom is -0.478 e. The van der Waals surface area contributed by atoms with Crippen molar-refractivity contribution in [1.29, 1.82) is 0 Å². The van der Waals surface area contributed by atoms with Crippen molar-refractivity contribution in [3.8, 4) is 0 Å². The number of rotatable bonds is 1. The monoisotopic (exact) mass is 255 g/mol. The highest BCUT2D eigenvalue weighted by Gasteiger charge is 2.10. The van der Waals surface area contributed by atoms with Crippen molar-refractivity contribution in [2.45, 2.75) is 6.92 Å². The van der Waals surface area contributed by atoms with Crippen LogP contribution in [0.15, 0.2) is 17.0 Å². The average Bonchev–Trinajstić information content (AvgIpc) is 2.42. The molecule has 2 heterocycles. The molecule has 0 amide bonds. The number of carboxylic acids is 1. The fourth-order valence-corrected chi connectivity index (χ4v) is 1.48. The Labute approximate surface area is 87.5 Å². The van der Waals surface area contributed by atoms with Gasteiger partial charge in [-0.15, -0.1) is 0 Å². The number of hydrogen-bond acceptors (Lipinski definition) is 3. The second-order valence-corrected chi connectivity index (χ2v) is 3.58. The van der Waals surface area contributed by atoms with Crippen LogP contribution >= 0.6 is 15.9 Å². The summed E-state index contributed by atoms with van der Waals surface area (Å²) >= 11 is 3.25. The molecule has 0 saturated heterocycles. The zero-order valence-corrected chi connectivity index (χ0v) is 8.82. The predicted octanol–water partition coefficient (Wildman–Crippen LogP) is 1.50. The smallest absolute Gasteiger partial charge is 0.338 e. The second kappa shape index (κ2) is 3.06. The summed E-state index contributed by atoms with van der Waals surface area (Å²) in [5.41, 5.74) is 1.66. The minimum atomic E-state index is -1.01. The molecule has 0 radical (unpaired) electrons. The summed E-state index contributed by atoms with van der Waals surface area (Å²) < 4.78 is 2.12. The van der Waals surface area contributed by atoms with Crippen LogP contribution in [0, 0.1) is 6.92 Å². The second-order valence-electron chi connectivity index (χ2n) is 2.83. The summed E-state index contributed by atoms with van der Waals surface area (Å²) in [5.74, 6) is -1.01. The fraction of sp³-hybridized carbons (Fsp3) is 0.125. The summed E-state index contributed by atoms with van der Waals surface area (Å²) in [7, 11) is 0. The predicted molar refractivity (Wildman–Crippen MR) is 52.4 cm³/mol. The largest absolute Gasteiger partial charge is 0.478 e. The van der Waals surface area contributed by atoms with Gasteiger partial charge in [0.2, 0.25) is 0 Å². The third-order valence-electron chi connectivity index (χ3n) is 1.89. The molecule has 0 saturated carbocycles. The first kappa shape index (κ1) is 9.14. The molecule has 0 aromatic carbocycles. The van der Waals surface area contributed by atoms with Gasteiger partial charge in [0.1, 0.15) is 4.60 Å². The van der Waals surface area contributed by atoms with Crippen molar-refractivity contribution in [1.82, 2.24) is 14.6 Å². The molecule has 6 heteroatoms. The van der Waals surface area contributed by atoms with Gasteiger partial charge < -0.3 is 5.11 Å². The van der Waals surface area contributed by atoms with Gasteiger partial charge >= 0.3 is 5.97 Å². The quantitative estimate of drug-likeness (QED) is 0.839. The van der Waals surface area contributed by atoms with Crippen LogP contribution in [-0.2, 0) is 0 Å². The maximum absolute atomic E-state index is 10.6. The summed E-state index contributed by atoms with van der Waals surface area (Å²) in [6.45, 7) is 1.86. The van der Waals surface area contributed by atoms with E-state index < -0.39 is 5.97 Å². The van der Waals surface area contributed by atoms with Gasteiger partial charge in [-0.2, -0.15) is 5.10 Å². The van der Waals surface area contributed by atoms with E-state index in [9.17, 15) is 4.79 Å². The first-order valence-corrected chi connectivity index (χ1v) is 4.62. The van der Waals surface area contributed by atoms with Crippen molar-refractivity contribution < 1.29 is 9.90 Å². The van der Waals surface area contributed by atoms with Crippen LogP contribution in [0.4, 0.5) is 0 Å². The molecule has 72 valence electrons. The standard InChI is InChI=1S/C8H6BrN3O2/c1-4-6(9)11-12-3-5(8(13)14)2-10-7(4)12/h2-3H,1H3,(H,13,14). The molecule has 5 nitrogen and oxygen atoms in total. The molecule has 2 aromatic rings. The Balaban J connectivity index is 2.73. The van der Waals surface area contributed by atoms with E-state index in [4.69, 9.17) is 5.11 Å².